The van der Waals surface area contributed by atoms with Gasteiger partial charge in [0.05, 0.1) is 18.6 Å². The number of hydrogen-bond acceptors (Lipinski definition) is 5. The molecule has 2 heterocycles. The van der Waals surface area contributed by atoms with Crippen molar-refractivity contribution in [3.05, 3.63) is 48.0 Å². The van der Waals surface area contributed by atoms with Gasteiger partial charge in [-0.05, 0) is 31.0 Å². The summed E-state index contributed by atoms with van der Waals surface area (Å²) in [6.45, 7) is 0.569. The molecule has 8 heteroatoms. The molecular formula is C19H25N5O3. The summed E-state index contributed by atoms with van der Waals surface area (Å²) in [6, 6.07) is 7.04. The summed E-state index contributed by atoms with van der Waals surface area (Å²) in [5.41, 5.74) is 1.65. The Morgan fingerprint density at radius 2 is 2.15 bits per heavy atom. The molecule has 144 valence electrons. The quantitative estimate of drug-likeness (QED) is 0.648. The number of aliphatic hydroxyl groups excluding tert-OH is 1. The summed E-state index contributed by atoms with van der Waals surface area (Å²) in [5, 5.41) is 19.6. The first-order chi connectivity index (χ1) is 13.0. The molecule has 1 aliphatic carbocycles. The second-order valence-corrected chi connectivity index (χ2v) is 7.00. The number of aromatic nitrogens is 3. The number of aromatic amines is 1. The Hall–Kier alpha value is -2.74. The summed E-state index contributed by atoms with van der Waals surface area (Å²) >= 11 is 0. The molecule has 2 amide bonds. The predicted molar refractivity (Wildman–Crippen MR) is 98.5 cm³/mol. The number of carbonyl (C=O) groups excluding carboxylic acids is 2. The van der Waals surface area contributed by atoms with Gasteiger partial charge in [0.25, 0.3) is 0 Å². The molecule has 3 N–H and O–H groups in total. The number of aliphatic hydroxyl groups is 1. The van der Waals surface area contributed by atoms with Crippen molar-refractivity contribution in [3.8, 4) is 0 Å². The fourth-order valence-corrected chi connectivity index (χ4v) is 3.44. The van der Waals surface area contributed by atoms with Crippen LogP contribution in [0.2, 0.25) is 0 Å². The molecule has 1 fully saturated rings. The highest BCUT2D eigenvalue weighted by atomic mass is 16.3. The van der Waals surface area contributed by atoms with E-state index in [9.17, 15) is 14.7 Å². The van der Waals surface area contributed by atoms with Crippen molar-refractivity contribution in [2.24, 2.45) is 5.92 Å². The number of carbonyl (C=O) groups is 2. The summed E-state index contributed by atoms with van der Waals surface area (Å²) in [6.07, 6.45) is 4.27. The van der Waals surface area contributed by atoms with Crippen LogP contribution >= 0.6 is 0 Å². The minimum Gasteiger partial charge on any atom is -0.391 e. The molecule has 0 saturated heterocycles. The van der Waals surface area contributed by atoms with Gasteiger partial charge in [-0.1, -0.05) is 6.07 Å². The van der Waals surface area contributed by atoms with E-state index in [4.69, 9.17) is 0 Å². The van der Waals surface area contributed by atoms with Gasteiger partial charge in [-0.2, -0.15) is 5.10 Å². The second kappa shape index (κ2) is 8.77. The minimum absolute atomic E-state index is 0.00435. The number of hydrogen-bond donors (Lipinski definition) is 3. The fraction of sp³-hybridized carbons (Fsp3) is 0.474. The third-order valence-corrected chi connectivity index (χ3v) is 4.94. The van der Waals surface area contributed by atoms with Crippen molar-refractivity contribution in [1.82, 2.24) is 25.4 Å². The maximum atomic E-state index is 12.7. The highest BCUT2D eigenvalue weighted by molar-refractivity contribution is 5.80. The van der Waals surface area contributed by atoms with Gasteiger partial charge in [0, 0.05) is 49.7 Å². The molecule has 0 radical (unpaired) electrons. The molecule has 0 spiro atoms. The average molecular weight is 371 g/mol. The number of rotatable bonds is 7. The van der Waals surface area contributed by atoms with E-state index in [0.29, 0.717) is 31.5 Å². The molecule has 0 aliphatic heterocycles. The van der Waals surface area contributed by atoms with Crippen LogP contribution in [0.5, 0.6) is 0 Å². The molecule has 3 rings (SSSR count). The summed E-state index contributed by atoms with van der Waals surface area (Å²) in [7, 11) is 1.77. The Labute approximate surface area is 158 Å². The lowest BCUT2D eigenvalue weighted by Gasteiger charge is -2.21. The molecule has 0 unspecified atom stereocenters. The first-order valence-corrected chi connectivity index (χ1v) is 9.13. The zero-order valence-electron chi connectivity index (χ0n) is 15.3. The van der Waals surface area contributed by atoms with Crippen LogP contribution in [0.15, 0.2) is 36.7 Å². The first kappa shape index (κ1) is 19.0. The summed E-state index contributed by atoms with van der Waals surface area (Å²) in [4.78, 5) is 30.7. The van der Waals surface area contributed by atoms with E-state index >= 15 is 0 Å². The topological polar surface area (TPSA) is 111 Å². The van der Waals surface area contributed by atoms with E-state index in [1.165, 1.54) is 0 Å². The normalized spacial score (nSPS) is 21.8. The Kier molecular flexibility index (Phi) is 6.18. The Bertz CT molecular complexity index is 750. The number of likely N-dealkylation sites (N-methyl/N-ethyl adjacent to an activating group) is 1. The Morgan fingerprint density at radius 1 is 1.30 bits per heavy atom. The van der Waals surface area contributed by atoms with E-state index in [1.54, 1.807) is 30.4 Å². The van der Waals surface area contributed by atoms with Crippen LogP contribution in [-0.2, 0) is 22.4 Å². The highest BCUT2D eigenvalue weighted by Crippen LogP contribution is 2.28. The highest BCUT2D eigenvalue weighted by Gasteiger charge is 2.38. The number of nitrogens with one attached hydrogen (secondary N) is 2. The molecule has 1 saturated carbocycles. The lowest BCUT2D eigenvalue weighted by molar-refractivity contribution is -0.134. The number of nitrogens with zero attached hydrogens (tertiary/aromatic N) is 3. The third-order valence-electron chi connectivity index (χ3n) is 4.94. The van der Waals surface area contributed by atoms with Crippen molar-refractivity contribution in [1.29, 1.82) is 0 Å². The Morgan fingerprint density at radius 3 is 2.85 bits per heavy atom. The monoisotopic (exact) mass is 371 g/mol. The molecule has 2 aromatic rings. The van der Waals surface area contributed by atoms with Crippen molar-refractivity contribution in [2.75, 3.05) is 13.6 Å². The first-order valence-electron chi connectivity index (χ1n) is 9.13. The van der Waals surface area contributed by atoms with E-state index in [-0.39, 0.29) is 24.2 Å². The molecule has 1 aliphatic rings. The smallest absolute Gasteiger partial charge is 0.226 e. The molecule has 8 nitrogen and oxygen atoms in total. The van der Waals surface area contributed by atoms with E-state index in [0.717, 1.165) is 5.69 Å². The molecule has 3 atom stereocenters. The average Bonchev–Trinajstić information content (AvgIpc) is 3.30. The van der Waals surface area contributed by atoms with Gasteiger partial charge in [0.15, 0.2) is 0 Å². The minimum atomic E-state index is -0.714. The van der Waals surface area contributed by atoms with Crippen molar-refractivity contribution >= 4 is 11.8 Å². The molecule has 0 bridgehead atoms. The van der Waals surface area contributed by atoms with Gasteiger partial charge in [0.1, 0.15) is 0 Å². The lowest BCUT2D eigenvalue weighted by atomic mass is 10.1. The van der Waals surface area contributed by atoms with Crippen LogP contribution in [0.1, 0.15) is 24.2 Å². The van der Waals surface area contributed by atoms with Gasteiger partial charge in [-0.3, -0.25) is 19.7 Å². The maximum absolute atomic E-state index is 12.7. The van der Waals surface area contributed by atoms with Crippen LogP contribution in [0.25, 0.3) is 0 Å². The SMILES string of the molecule is CN(CCc1ccccn1)C(=O)[C@@H]1C[C@@H](O)[C@H](NC(=O)Cc2ccn[nH]2)C1. The summed E-state index contributed by atoms with van der Waals surface area (Å²) in [5.74, 6) is -0.485. The standard InChI is InChI=1S/C19H25N5O3/c1-24(9-6-14-4-2-3-7-20-14)19(27)13-10-16(17(25)11-13)22-18(26)12-15-5-8-21-23-15/h2-5,7-8,13,16-17,25H,6,9-12H2,1H3,(H,21,23)(H,22,26)/t13-,16+,17+/m0/s1. The van der Waals surface area contributed by atoms with Crippen molar-refractivity contribution in [2.45, 2.75) is 37.8 Å². The largest absolute Gasteiger partial charge is 0.391 e. The molecular weight excluding hydrogens is 346 g/mol. The Balaban J connectivity index is 1.47. The van der Waals surface area contributed by atoms with Gasteiger partial charge < -0.3 is 15.3 Å². The zero-order valence-corrected chi connectivity index (χ0v) is 15.3. The van der Waals surface area contributed by atoms with Crippen LogP contribution < -0.4 is 5.32 Å². The molecule has 2 aromatic heterocycles. The van der Waals surface area contributed by atoms with Crippen LogP contribution in [0, 0.1) is 5.92 Å². The predicted octanol–water partition coefficient (Wildman–Crippen LogP) is 0.304. The van der Waals surface area contributed by atoms with Gasteiger partial charge in [-0.15, -0.1) is 0 Å². The van der Waals surface area contributed by atoms with E-state index in [1.807, 2.05) is 18.2 Å². The van der Waals surface area contributed by atoms with Crippen LogP contribution in [0.4, 0.5) is 0 Å². The maximum Gasteiger partial charge on any atom is 0.226 e. The van der Waals surface area contributed by atoms with Crippen LogP contribution in [-0.4, -0.2) is 62.7 Å². The van der Waals surface area contributed by atoms with Crippen LogP contribution in [0.3, 0.4) is 0 Å². The fourth-order valence-electron chi connectivity index (χ4n) is 3.44. The van der Waals surface area contributed by atoms with Gasteiger partial charge >= 0.3 is 0 Å². The molecule has 27 heavy (non-hydrogen) atoms. The van der Waals surface area contributed by atoms with Gasteiger partial charge in [0.2, 0.25) is 11.8 Å². The second-order valence-electron chi connectivity index (χ2n) is 7.00. The number of amides is 2. The number of pyridine rings is 1. The summed E-state index contributed by atoms with van der Waals surface area (Å²) < 4.78 is 0. The third kappa shape index (κ3) is 5.13. The van der Waals surface area contributed by atoms with E-state index < -0.39 is 12.1 Å². The van der Waals surface area contributed by atoms with Gasteiger partial charge in [-0.25, -0.2) is 0 Å². The lowest BCUT2D eigenvalue weighted by Crippen LogP contribution is -2.41. The number of H-pyrrole nitrogens is 1. The molecule has 0 aromatic carbocycles. The van der Waals surface area contributed by atoms with Crippen molar-refractivity contribution < 1.29 is 14.7 Å². The van der Waals surface area contributed by atoms with E-state index in [2.05, 4.69) is 20.5 Å². The van der Waals surface area contributed by atoms with Crippen molar-refractivity contribution in [3.63, 3.8) is 0 Å². The zero-order chi connectivity index (χ0) is 19.2.